The zero-order chi connectivity index (χ0) is 18.8. The molecule has 27 heavy (non-hydrogen) atoms. The number of rotatable bonds is 6. The molecule has 1 atom stereocenters. The number of hydrogen-bond donors (Lipinski definition) is 2. The van der Waals surface area contributed by atoms with Gasteiger partial charge in [0.05, 0.1) is 17.9 Å². The molecule has 3 aromatic rings. The average molecular weight is 367 g/mol. The molecule has 7 nitrogen and oxygen atoms in total. The number of fused-ring (bicyclic) bond motifs is 3. The van der Waals surface area contributed by atoms with E-state index in [0.29, 0.717) is 30.7 Å². The second-order valence-corrected chi connectivity index (χ2v) is 6.74. The Balaban J connectivity index is 1.69. The minimum absolute atomic E-state index is 0.237. The van der Waals surface area contributed by atoms with Crippen molar-refractivity contribution in [3.63, 3.8) is 0 Å². The lowest BCUT2D eigenvalue weighted by Crippen LogP contribution is -2.39. The van der Waals surface area contributed by atoms with Crippen LogP contribution in [0.15, 0.2) is 34.9 Å². The standard InChI is InChI=1S/C20H21N3O4/c1-26-9-8-21-11-12-2-4-14-13(10-12)3-6-16-18(14)19(23-27-16)15-5-7-17(24)22-20(15)25/h2-4,6,10,15,21H,5,7-9,11H2,1H3,(H,22,24,25)/t15-/m1/s1. The quantitative estimate of drug-likeness (QED) is 0.513. The first-order valence-electron chi connectivity index (χ1n) is 9.01. The van der Waals surface area contributed by atoms with Crippen LogP contribution >= 0.6 is 0 Å². The normalized spacial score (nSPS) is 17.6. The first-order valence-corrected chi connectivity index (χ1v) is 9.01. The Kier molecular flexibility index (Phi) is 4.87. The van der Waals surface area contributed by atoms with E-state index >= 15 is 0 Å². The molecule has 0 unspecified atom stereocenters. The highest BCUT2D eigenvalue weighted by atomic mass is 16.5. The fraction of sp³-hybridized carbons (Fsp3) is 0.350. The van der Waals surface area contributed by atoms with Crippen molar-refractivity contribution in [3.05, 3.63) is 41.6 Å². The maximum atomic E-state index is 12.3. The number of piperidine rings is 1. The topological polar surface area (TPSA) is 93.5 Å². The predicted molar refractivity (Wildman–Crippen MR) is 100 cm³/mol. The van der Waals surface area contributed by atoms with Crippen LogP contribution < -0.4 is 10.6 Å². The molecule has 1 aliphatic heterocycles. The summed E-state index contributed by atoms with van der Waals surface area (Å²) in [5.41, 5.74) is 2.41. The largest absolute Gasteiger partial charge is 0.383 e. The van der Waals surface area contributed by atoms with Gasteiger partial charge in [-0.05, 0) is 34.9 Å². The number of nitrogens with one attached hydrogen (secondary N) is 2. The first kappa shape index (κ1) is 17.6. The van der Waals surface area contributed by atoms with Crippen LogP contribution in [0, 0.1) is 0 Å². The number of hydrogen-bond acceptors (Lipinski definition) is 6. The molecule has 140 valence electrons. The summed E-state index contributed by atoms with van der Waals surface area (Å²) in [4.78, 5) is 23.7. The lowest BCUT2D eigenvalue weighted by atomic mass is 9.91. The molecule has 1 saturated heterocycles. The molecule has 0 saturated carbocycles. The fourth-order valence-corrected chi connectivity index (χ4v) is 3.55. The number of amides is 2. The van der Waals surface area contributed by atoms with E-state index in [-0.39, 0.29) is 11.8 Å². The second-order valence-electron chi connectivity index (χ2n) is 6.74. The van der Waals surface area contributed by atoms with E-state index in [1.807, 2.05) is 18.2 Å². The molecule has 2 aromatic carbocycles. The molecule has 4 rings (SSSR count). The van der Waals surface area contributed by atoms with Crippen LogP contribution in [0.3, 0.4) is 0 Å². The Morgan fingerprint density at radius 1 is 1.30 bits per heavy atom. The van der Waals surface area contributed by atoms with Gasteiger partial charge in [-0.25, -0.2) is 0 Å². The number of imide groups is 1. The van der Waals surface area contributed by atoms with Gasteiger partial charge in [-0.2, -0.15) is 0 Å². The number of benzene rings is 2. The maximum absolute atomic E-state index is 12.3. The predicted octanol–water partition coefficient (Wildman–Crippen LogP) is 2.24. The lowest BCUT2D eigenvalue weighted by Gasteiger charge is -2.19. The zero-order valence-corrected chi connectivity index (χ0v) is 15.1. The molecule has 0 bridgehead atoms. The molecule has 0 radical (unpaired) electrons. The summed E-state index contributed by atoms with van der Waals surface area (Å²) in [6.07, 6.45) is 0.761. The van der Waals surface area contributed by atoms with Crippen LogP contribution in [-0.4, -0.2) is 37.2 Å². The third-order valence-electron chi connectivity index (χ3n) is 4.93. The molecular formula is C20H21N3O4. The van der Waals surface area contributed by atoms with E-state index in [0.717, 1.165) is 34.8 Å². The summed E-state index contributed by atoms with van der Waals surface area (Å²) in [6.45, 7) is 2.21. The van der Waals surface area contributed by atoms with Crippen molar-refractivity contribution in [2.24, 2.45) is 0 Å². The molecule has 2 amide bonds. The van der Waals surface area contributed by atoms with Gasteiger partial charge in [0.15, 0.2) is 5.58 Å². The molecule has 0 aliphatic carbocycles. The van der Waals surface area contributed by atoms with Crippen molar-refractivity contribution in [1.82, 2.24) is 15.8 Å². The van der Waals surface area contributed by atoms with E-state index in [9.17, 15) is 9.59 Å². The van der Waals surface area contributed by atoms with E-state index in [1.165, 1.54) is 0 Å². The summed E-state index contributed by atoms with van der Waals surface area (Å²) in [5, 5.41) is 12.8. The zero-order valence-electron chi connectivity index (χ0n) is 15.1. The molecule has 1 aromatic heterocycles. The Bertz CT molecular complexity index is 1010. The Hall–Kier alpha value is -2.77. The van der Waals surface area contributed by atoms with Gasteiger partial charge in [0.2, 0.25) is 11.8 Å². The lowest BCUT2D eigenvalue weighted by molar-refractivity contribution is -0.134. The average Bonchev–Trinajstić information content (AvgIpc) is 3.09. The summed E-state index contributed by atoms with van der Waals surface area (Å²) < 4.78 is 10.5. The van der Waals surface area contributed by atoms with Crippen molar-refractivity contribution < 1.29 is 18.8 Å². The minimum atomic E-state index is -0.468. The van der Waals surface area contributed by atoms with Gasteiger partial charge in [0.25, 0.3) is 0 Å². The number of nitrogens with zero attached hydrogens (tertiary/aromatic N) is 1. The van der Waals surface area contributed by atoms with Crippen molar-refractivity contribution >= 4 is 33.6 Å². The minimum Gasteiger partial charge on any atom is -0.383 e. The van der Waals surface area contributed by atoms with E-state index in [2.05, 4.69) is 27.9 Å². The van der Waals surface area contributed by atoms with E-state index < -0.39 is 5.92 Å². The molecule has 1 fully saturated rings. The van der Waals surface area contributed by atoms with Crippen molar-refractivity contribution in [1.29, 1.82) is 0 Å². The highest BCUT2D eigenvalue weighted by Crippen LogP contribution is 2.35. The summed E-state index contributed by atoms with van der Waals surface area (Å²) in [5.74, 6) is -1.01. The van der Waals surface area contributed by atoms with Gasteiger partial charge in [0, 0.05) is 26.6 Å². The van der Waals surface area contributed by atoms with Crippen molar-refractivity contribution in [2.45, 2.75) is 25.3 Å². The number of carbonyl (C=O) groups is 2. The molecule has 7 heteroatoms. The van der Waals surface area contributed by atoms with Crippen LogP contribution in [0.25, 0.3) is 21.7 Å². The van der Waals surface area contributed by atoms with Crippen LogP contribution in [0.1, 0.15) is 30.0 Å². The molecular weight excluding hydrogens is 346 g/mol. The summed E-state index contributed by atoms with van der Waals surface area (Å²) in [7, 11) is 1.68. The van der Waals surface area contributed by atoms with Crippen LogP contribution in [0.4, 0.5) is 0 Å². The van der Waals surface area contributed by atoms with Gasteiger partial charge < -0.3 is 14.6 Å². The van der Waals surface area contributed by atoms with E-state index in [1.54, 1.807) is 7.11 Å². The highest BCUT2D eigenvalue weighted by molar-refractivity contribution is 6.10. The van der Waals surface area contributed by atoms with E-state index in [4.69, 9.17) is 9.26 Å². The van der Waals surface area contributed by atoms with Gasteiger partial charge in [-0.15, -0.1) is 0 Å². The van der Waals surface area contributed by atoms with Crippen molar-refractivity contribution in [2.75, 3.05) is 20.3 Å². The van der Waals surface area contributed by atoms with Gasteiger partial charge in [-0.3, -0.25) is 14.9 Å². The van der Waals surface area contributed by atoms with Crippen LogP contribution in [0.2, 0.25) is 0 Å². The smallest absolute Gasteiger partial charge is 0.235 e. The van der Waals surface area contributed by atoms with Gasteiger partial charge >= 0.3 is 0 Å². The number of carbonyl (C=O) groups excluding carboxylic acids is 2. The number of ether oxygens (including phenoxy) is 1. The fourth-order valence-electron chi connectivity index (χ4n) is 3.55. The Morgan fingerprint density at radius 3 is 3.00 bits per heavy atom. The second kappa shape index (κ2) is 7.46. The van der Waals surface area contributed by atoms with Crippen molar-refractivity contribution in [3.8, 4) is 0 Å². The monoisotopic (exact) mass is 367 g/mol. The molecule has 2 heterocycles. The third kappa shape index (κ3) is 3.43. The van der Waals surface area contributed by atoms with Gasteiger partial charge in [0.1, 0.15) is 5.69 Å². The molecule has 2 N–H and O–H groups in total. The summed E-state index contributed by atoms with van der Waals surface area (Å²) in [6, 6.07) is 10.1. The number of aromatic nitrogens is 1. The molecule has 0 spiro atoms. The number of methoxy groups -OCH3 is 1. The SMILES string of the molecule is COCCNCc1ccc2c(ccc3onc([C@H]4CCC(=O)NC4=O)c32)c1. The Morgan fingerprint density at radius 2 is 2.19 bits per heavy atom. The Labute approximate surface area is 156 Å². The van der Waals surface area contributed by atoms with Crippen LogP contribution in [-0.2, 0) is 20.9 Å². The molecule has 1 aliphatic rings. The highest BCUT2D eigenvalue weighted by Gasteiger charge is 2.32. The maximum Gasteiger partial charge on any atom is 0.235 e. The van der Waals surface area contributed by atoms with Crippen LogP contribution in [0.5, 0.6) is 0 Å². The third-order valence-corrected chi connectivity index (χ3v) is 4.93. The first-order chi connectivity index (χ1) is 13.2. The summed E-state index contributed by atoms with van der Waals surface area (Å²) >= 11 is 0. The van der Waals surface area contributed by atoms with Gasteiger partial charge in [-0.1, -0.05) is 23.4 Å².